The summed E-state index contributed by atoms with van der Waals surface area (Å²) in [6.45, 7) is 6.92. The number of ether oxygens (including phenoxy) is 1. The Morgan fingerprint density at radius 2 is 2.10 bits per heavy atom. The fourth-order valence-electron chi connectivity index (χ4n) is 2.92. The molecule has 0 bridgehead atoms. The zero-order valence-corrected chi connectivity index (χ0v) is 12.5. The van der Waals surface area contributed by atoms with Crippen LogP contribution in [0.2, 0.25) is 0 Å². The van der Waals surface area contributed by atoms with Gasteiger partial charge in [0.15, 0.2) is 0 Å². The molecule has 1 aromatic carbocycles. The fourth-order valence-corrected chi connectivity index (χ4v) is 2.92. The van der Waals surface area contributed by atoms with Gasteiger partial charge in [0.2, 0.25) is 0 Å². The van der Waals surface area contributed by atoms with Crippen molar-refractivity contribution in [1.82, 2.24) is 14.9 Å². The first-order valence-corrected chi connectivity index (χ1v) is 7.45. The standard InChI is InChI=1S/C16H23N3O/c1-11-6-8-19(9-7-11)12(2)16-17-14-5-4-13(20-3)10-15(14)18-16/h4-5,10-12H,6-9H2,1-3H3,(H,17,18). The SMILES string of the molecule is COc1ccc2nc(C(C)N3CCC(C)CC3)[nH]c2c1. The van der Waals surface area contributed by atoms with E-state index in [-0.39, 0.29) is 0 Å². The van der Waals surface area contributed by atoms with Crippen molar-refractivity contribution in [3.8, 4) is 5.75 Å². The van der Waals surface area contributed by atoms with Crippen LogP contribution in [0.5, 0.6) is 5.75 Å². The predicted molar refractivity (Wildman–Crippen MR) is 81.0 cm³/mol. The Labute approximate surface area is 120 Å². The van der Waals surface area contributed by atoms with E-state index < -0.39 is 0 Å². The van der Waals surface area contributed by atoms with Crippen molar-refractivity contribution in [1.29, 1.82) is 0 Å². The highest BCUT2D eigenvalue weighted by molar-refractivity contribution is 5.76. The van der Waals surface area contributed by atoms with Crippen molar-refractivity contribution in [3.63, 3.8) is 0 Å². The summed E-state index contributed by atoms with van der Waals surface area (Å²) >= 11 is 0. The van der Waals surface area contributed by atoms with Gasteiger partial charge in [0.25, 0.3) is 0 Å². The molecule has 1 fully saturated rings. The van der Waals surface area contributed by atoms with Crippen molar-refractivity contribution in [2.24, 2.45) is 5.92 Å². The first-order chi connectivity index (χ1) is 9.67. The summed E-state index contributed by atoms with van der Waals surface area (Å²) in [6, 6.07) is 6.33. The van der Waals surface area contributed by atoms with Gasteiger partial charge in [-0.2, -0.15) is 0 Å². The molecule has 1 aliphatic heterocycles. The number of aromatic nitrogens is 2. The first-order valence-electron chi connectivity index (χ1n) is 7.45. The van der Waals surface area contributed by atoms with Crippen LogP contribution in [0, 0.1) is 5.92 Å². The van der Waals surface area contributed by atoms with Crippen molar-refractivity contribution < 1.29 is 4.74 Å². The molecule has 0 aliphatic carbocycles. The van der Waals surface area contributed by atoms with Gasteiger partial charge in [-0.05, 0) is 50.9 Å². The van der Waals surface area contributed by atoms with Crippen LogP contribution in [0.1, 0.15) is 38.6 Å². The molecule has 1 aliphatic rings. The van der Waals surface area contributed by atoms with Gasteiger partial charge >= 0.3 is 0 Å². The Bertz CT molecular complexity index is 584. The van der Waals surface area contributed by atoms with Crippen LogP contribution in [-0.2, 0) is 0 Å². The number of likely N-dealkylation sites (tertiary alicyclic amines) is 1. The van der Waals surface area contributed by atoms with Gasteiger partial charge in [-0.25, -0.2) is 4.98 Å². The molecule has 1 atom stereocenters. The van der Waals surface area contributed by atoms with Gasteiger partial charge in [-0.1, -0.05) is 6.92 Å². The summed E-state index contributed by atoms with van der Waals surface area (Å²) in [6.07, 6.45) is 2.58. The molecule has 0 radical (unpaired) electrons. The summed E-state index contributed by atoms with van der Waals surface area (Å²) < 4.78 is 5.26. The zero-order valence-electron chi connectivity index (χ0n) is 12.5. The van der Waals surface area contributed by atoms with Crippen LogP contribution >= 0.6 is 0 Å². The lowest BCUT2D eigenvalue weighted by molar-refractivity contribution is 0.143. The number of nitrogens with one attached hydrogen (secondary N) is 1. The quantitative estimate of drug-likeness (QED) is 0.932. The Hall–Kier alpha value is -1.55. The number of benzene rings is 1. The van der Waals surface area contributed by atoms with E-state index in [0.717, 1.165) is 28.5 Å². The van der Waals surface area contributed by atoms with E-state index in [2.05, 4.69) is 23.7 Å². The summed E-state index contributed by atoms with van der Waals surface area (Å²) in [5.74, 6) is 2.79. The van der Waals surface area contributed by atoms with Crippen LogP contribution in [-0.4, -0.2) is 35.1 Å². The third-order valence-electron chi connectivity index (χ3n) is 4.47. The maximum Gasteiger partial charge on any atom is 0.124 e. The second-order valence-electron chi connectivity index (χ2n) is 5.90. The molecule has 0 amide bonds. The lowest BCUT2D eigenvalue weighted by atomic mass is 9.98. The average Bonchev–Trinajstić information content (AvgIpc) is 2.90. The highest BCUT2D eigenvalue weighted by Crippen LogP contribution is 2.27. The van der Waals surface area contributed by atoms with Crippen molar-refractivity contribution >= 4 is 11.0 Å². The Morgan fingerprint density at radius 3 is 2.80 bits per heavy atom. The molecular formula is C16H23N3O. The van der Waals surface area contributed by atoms with Crippen LogP contribution in [0.4, 0.5) is 0 Å². The Kier molecular flexibility index (Phi) is 3.66. The second kappa shape index (κ2) is 5.44. The third-order valence-corrected chi connectivity index (χ3v) is 4.47. The van der Waals surface area contributed by atoms with E-state index in [0.29, 0.717) is 6.04 Å². The van der Waals surface area contributed by atoms with Gasteiger partial charge in [-0.3, -0.25) is 4.90 Å². The van der Waals surface area contributed by atoms with Gasteiger partial charge in [0.05, 0.1) is 24.2 Å². The van der Waals surface area contributed by atoms with E-state index in [9.17, 15) is 0 Å². The maximum absolute atomic E-state index is 5.26. The highest BCUT2D eigenvalue weighted by Gasteiger charge is 2.23. The largest absolute Gasteiger partial charge is 0.497 e. The zero-order chi connectivity index (χ0) is 14.1. The topological polar surface area (TPSA) is 41.1 Å². The molecule has 0 spiro atoms. The van der Waals surface area contributed by atoms with E-state index in [1.807, 2.05) is 18.2 Å². The summed E-state index contributed by atoms with van der Waals surface area (Å²) in [4.78, 5) is 10.7. The number of imidazole rings is 1. The normalized spacial score (nSPS) is 19.4. The van der Waals surface area contributed by atoms with Crippen molar-refractivity contribution in [2.75, 3.05) is 20.2 Å². The van der Waals surface area contributed by atoms with Gasteiger partial charge < -0.3 is 9.72 Å². The van der Waals surface area contributed by atoms with Crippen LogP contribution in [0.25, 0.3) is 11.0 Å². The summed E-state index contributed by atoms with van der Waals surface area (Å²) in [5, 5.41) is 0. The molecule has 1 aromatic heterocycles. The molecule has 108 valence electrons. The number of aromatic amines is 1. The number of hydrogen-bond donors (Lipinski definition) is 1. The minimum Gasteiger partial charge on any atom is -0.497 e. The molecule has 20 heavy (non-hydrogen) atoms. The van der Waals surface area contributed by atoms with Crippen molar-refractivity contribution in [3.05, 3.63) is 24.0 Å². The molecule has 1 unspecified atom stereocenters. The number of nitrogens with zero attached hydrogens (tertiary/aromatic N) is 2. The van der Waals surface area contributed by atoms with Gasteiger partial charge in [0.1, 0.15) is 11.6 Å². The fraction of sp³-hybridized carbons (Fsp3) is 0.562. The molecule has 2 heterocycles. The number of methoxy groups -OCH3 is 1. The molecule has 2 aromatic rings. The molecule has 4 nitrogen and oxygen atoms in total. The summed E-state index contributed by atoms with van der Waals surface area (Å²) in [5.41, 5.74) is 2.06. The Morgan fingerprint density at radius 1 is 1.35 bits per heavy atom. The summed E-state index contributed by atoms with van der Waals surface area (Å²) in [7, 11) is 1.69. The molecular weight excluding hydrogens is 250 g/mol. The number of rotatable bonds is 3. The minimum absolute atomic E-state index is 0.348. The predicted octanol–water partition coefficient (Wildman–Crippen LogP) is 3.36. The van der Waals surface area contributed by atoms with Crippen molar-refractivity contribution in [2.45, 2.75) is 32.7 Å². The number of fused-ring (bicyclic) bond motifs is 1. The van der Waals surface area contributed by atoms with E-state index >= 15 is 0 Å². The first kappa shape index (κ1) is 13.4. The minimum atomic E-state index is 0.348. The third kappa shape index (κ3) is 2.52. The lowest BCUT2D eigenvalue weighted by Gasteiger charge is -2.33. The maximum atomic E-state index is 5.26. The highest BCUT2D eigenvalue weighted by atomic mass is 16.5. The van der Waals surface area contributed by atoms with E-state index in [4.69, 9.17) is 9.72 Å². The smallest absolute Gasteiger partial charge is 0.124 e. The van der Waals surface area contributed by atoms with Crippen LogP contribution < -0.4 is 4.74 Å². The monoisotopic (exact) mass is 273 g/mol. The van der Waals surface area contributed by atoms with Gasteiger partial charge in [-0.15, -0.1) is 0 Å². The lowest BCUT2D eigenvalue weighted by Crippen LogP contribution is -2.35. The van der Waals surface area contributed by atoms with Gasteiger partial charge in [0, 0.05) is 6.07 Å². The Balaban J connectivity index is 1.82. The molecule has 1 N–H and O–H groups in total. The molecule has 3 rings (SSSR count). The average molecular weight is 273 g/mol. The van der Waals surface area contributed by atoms with Crippen LogP contribution in [0.15, 0.2) is 18.2 Å². The van der Waals surface area contributed by atoms with E-state index in [1.165, 1.54) is 25.9 Å². The second-order valence-corrected chi connectivity index (χ2v) is 5.90. The number of piperidine rings is 1. The molecule has 0 saturated carbocycles. The molecule has 1 saturated heterocycles. The number of H-pyrrole nitrogens is 1. The number of hydrogen-bond acceptors (Lipinski definition) is 3. The molecule has 4 heteroatoms. The van der Waals surface area contributed by atoms with Crippen LogP contribution in [0.3, 0.4) is 0 Å². The van der Waals surface area contributed by atoms with E-state index in [1.54, 1.807) is 7.11 Å².